The first-order valence-corrected chi connectivity index (χ1v) is 6.35. The third-order valence-electron chi connectivity index (χ3n) is 3.58. The highest BCUT2D eigenvalue weighted by Gasteiger charge is 2.27. The van der Waals surface area contributed by atoms with E-state index < -0.39 is 0 Å². The van der Waals surface area contributed by atoms with Gasteiger partial charge in [0.15, 0.2) is 0 Å². The maximum atomic E-state index is 12.1. The van der Waals surface area contributed by atoms with E-state index in [1.54, 1.807) is 19.0 Å². The maximum absolute atomic E-state index is 12.1. The molecule has 0 spiro atoms. The molecule has 1 aliphatic heterocycles. The summed E-state index contributed by atoms with van der Waals surface area (Å²) < 4.78 is 2.28. The van der Waals surface area contributed by atoms with Crippen LogP contribution in [-0.2, 0) is 6.42 Å². The van der Waals surface area contributed by atoms with Gasteiger partial charge in [0.2, 0.25) is 0 Å². The van der Waals surface area contributed by atoms with Crippen molar-refractivity contribution in [2.45, 2.75) is 45.6 Å². The molecule has 0 bridgehead atoms. The van der Waals surface area contributed by atoms with Crippen LogP contribution in [0.3, 0.4) is 0 Å². The molecule has 1 aromatic rings. The summed E-state index contributed by atoms with van der Waals surface area (Å²) in [7, 11) is 3.56. The van der Waals surface area contributed by atoms with Gasteiger partial charge in [-0.25, -0.2) is 4.98 Å². The highest BCUT2D eigenvalue weighted by atomic mass is 16.2. The van der Waals surface area contributed by atoms with Crippen LogP contribution in [0.4, 0.5) is 0 Å². The van der Waals surface area contributed by atoms with Gasteiger partial charge in [0.1, 0.15) is 11.5 Å². The minimum atomic E-state index is 0.0265. The van der Waals surface area contributed by atoms with Gasteiger partial charge >= 0.3 is 0 Å². The molecule has 0 fully saturated rings. The number of imidazole rings is 1. The fourth-order valence-corrected chi connectivity index (χ4v) is 2.72. The van der Waals surface area contributed by atoms with E-state index >= 15 is 0 Å². The van der Waals surface area contributed by atoms with Gasteiger partial charge in [-0.1, -0.05) is 6.92 Å². The second-order valence-corrected chi connectivity index (χ2v) is 4.98. The van der Waals surface area contributed by atoms with Gasteiger partial charge in [-0.15, -0.1) is 0 Å². The van der Waals surface area contributed by atoms with E-state index in [2.05, 4.69) is 16.5 Å². The standard InChI is InChI=1S/C13H21N3O/c1-5-10-7-6-8-11-12(13(17)15(3)4)14-9(2)16(10)11/h10H,5-8H2,1-4H3. The summed E-state index contributed by atoms with van der Waals surface area (Å²) in [4.78, 5) is 18.2. The van der Waals surface area contributed by atoms with Crippen LogP contribution in [0, 0.1) is 6.92 Å². The van der Waals surface area contributed by atoms with Gasteiger partial charge in [0.05, 0.1) is 5.69 Å². The molecule has 2 rings (SSSR count). The molecular formula is C13H21N3O. The van der Waals surface area contributed by atoms with Crippen LogP contribution in [0.5, 0.6) is 0 Å². The van der Waals surface area contributed by atoms with Crippen LogP contribution in [0.2, 0.25) is 0 Å². The molecule has 0 N–H and O–H groups in total. The number of carbonyl (C=O) groups is 1. The van der Waals surface area contributed by atoms with Crippen molar-refractivity contribution in [1.82, 2.24) is 14.5 Å². The van der Waals surface area contributed by atoms with E-state index in [1.165, 1.54) is 6.42 Å². The fraction of sp³-hybridized carbons (Fsp3) is 0.692. The summed E-state index contributed by atoms with van der Waals surface area (Å²) in [6.07, 6.45) is 4.46. The Hall–Kier alpha value is -1.32. The van der Waals surface area contributed by atoms with Crippen molar-refractivity contribution in [3.63, 3.8) is 0 Å². The highest BCUT2D eigenvalue weighted by Crippen LogP contribution is 2.31. The predicted octanol–water partition coefficient (Wildman–Crippen LogP) is 2.18. The van der Waals surface area contributed by atoms with Crippen LogP contribution < -0.4 is 0 Å². The normalized spacial score (nSPS) is 18.9. The summed E-state index contributed by atoms with van der Waals surface area (Å²) in [5.41, 5.74) is 1.80. The molecule has 0 aromatic carbocycles. The van der Waals surface area contributed by atoms with E-state index in [-0.39, 0.29) is 5.91 Å². The Kier molecular flexibility index (Phi) is 3.22. The van der Waals surface area contributed by atoms with Crippen molar-refractivity contribution >= 4 is 5.91 Å². The molecule has 94 valence electrons. The Bertz CT molecular complexity index is 434. The average molecular weight is 235 g/mol. The number of hydrogen-bond acceptors (Lipinski definition) is 2. The lowest BCUT2D eigenvalue weighted by Gasteiger charge is -2.26. The van der Waals surface area contributed by atoms with E-state index in [4.69, 9.17) is 0 Å². The molecule has 1 amide bonds. The molecule has 0 aliphatic carbocycles. The van der Waals surface area contributed by atoms with Gasteiger partial charge in [-0.2, -0.15) is 0 Å². The van der Waals surface area contributed by atoms with Gasteiger partial charge in [0.25, 0.3) is 5.91 Å². The first-order valence-electron chi connectivity index (χ1n) is 6.35. The SMILES string of the molecule is CCC1CCCc2c(C(=O)N(C)C)nc(C)n21. The zero-order valence-corrected chi connectivity index (χ0v) is 11.2. The number of aryl methyl sites for hydroxylation is 1. The number of aromatic nitrogens is 2. The first-order chi connectivity index (χ1) is 8.06. The minimum Gasteiger partial charge on any atom is -0.343 e. The second kappa shape index (κ2) is 4.51. The zero-order valence-electron chi connectivity index (χ0n) is 11.2. The Morgan fingerprint density at radius 3 is 2.82 bits per heavy atom. The number of amides is 1. The Morgan fingerprint density at radius 2 is 2.24 bits per heavy atom. The van der Waals surface area contributed by atoms with Gasteiger partial charge in [0, 0.05) is 20.1 Å². The summed E-state index contributed by atoms with van der Waals surface area (Å²) in [6.45, 7) is 4.20. The lowest BCUT2D eigenvalue weighted by atomic mass is 9.99. The molecule has 0 saturated carbocycles. The van der Waals surface area contributed by atoms with Crippen molar-refractivity contribution in [3.8, 4) is 0 Å². The van der Waals surface area contributed by atoms with Crippen molar-refractivity contribution in [2.24, 2.45) is 0 Å². The van der Waals surface area contributed by atoms with Crippen molar-refractivity contribution in [3.05, 3.63) is 17.2 Å². The number of carbonyl (C=O) groups excluding carboxylic acids is 1. The van der Waals surface area contributed by atoms with Crippen LogP contribution in [0.1, 0.15) is 54.2 Å². The van der Waals surface area contributed by atoms with Crippen molar-refractivity contribution < 1.29 is 4.79 Å². The van der Waals surface area contributed by atoms with E-state index in [1.807, 2.05) is 6.92 Å². The topological polar surface area (TPSA) is 38.1 Å². The minimum absolute atomic E-state index is 0.0265. The summed E-state index contributed by atoms with van der Waals surface area (Å²) in [6, 6.07) is 0.523. The molecule has 4 nitrogen and oxygen atoms in total. The predicted molar refractivity (Wildman–Crippen MR) is 67.2 cm³/mol. The molecular weight excluding hydrogens is 214 g/mol. The van der Waals surface area contributed by atoms with Crippen LogP contribution in [0.25, 0.3) is 0 Å². The monoisotopic (exact) mass is 235 g/mol. The van der Waals surface area contributed by atoms with Crippen LogP contribution in [-0.4, -0.2) is 34.5 Å². The van der Waals surface area contributed by atoms with Crippen molar-refractivity contribution in [1.29, 1.82) is 0 Å². The molecule has 0 saturated heterocycles. The smallest absolute Gasteiger partial charge is 0.273 e. The lowest BCUT2D eigenvalue weighted by Crippen LogP contribution is -2.25. The molecule has 1 unspecified atom stereocenters. The number of fused-ring (bicyclic) bond motifs is 1. The zero-order chi connectivity index (χ0) is 12.6. The average Bonchev–Trinajstić information content (AvgIpc) is 2.66. The quantitative estimate of drug-likeness (QED) is 0.788. The Balaban J connectivity index is 2.48. The van der Waals surface area contributed by atoms with Crippen molar-refractivity contribution in [2.75, 3.05) is 14.1 Å². The molecule has 17 heavy (non-hydrogen) atoms. The van der Waals surface area contributed by atoms with Gasteiger partial charge in [-0.05, 0) is 32.6 Å². The second-order valence-electron chi connectivity index (χ2n) is 4.98. The highest BCUT2D eigenvalue weighted by molar-refractivity contribution is 5.93. The van der Waals surface area contributed by atoms with Crippen LogP contribution >= 0.6 is 0 Å². The Labute approximate surface area is 103 Å². The summed E-state index contributed by atoms with van der Waals surface area (Å²) >= 11 is 0. The van der Waals surface area contributed by atoms with Gasteiger partial charge < -0.3 is 9.47 Å². The largest absolute Gasteiger partial charge is 0.343 e. The molecule has 2 heterocycles. The maximum Gasteiger partial charge on any atom is 0.273 e. The molecule has 4 heteroatoms. The first kappa shape index (κ1) is 12.1. The summed E-state index contributed by atoms with van der Waals surface area (Å²) in [5, 5.41) is 0. The number of hydrogen-bond donors (Lipinski definition) is 0. The third-order valence-corrected chi connectivity index (χ3v) is 3.58. The van der Waals surface area contributed by atoms with E-state index in [0.717, 1.165) is 30.8 Å². The van der Waals surface area contributed by atoms with Crippen LogP contribution in [0.15, 0.2) is 0 Å². The Morgan fingerprint density at radius 1 is 1.53 bits per heavy atom. The number of nitrogens with zero attached hydrogens (tertiary/aromatic N) is 3. The van der Waals surface area contributed by atoms with E-state index in [9.17, 15) is 4.79 Å². The molecule has 1 atom stereocenters. The van der Waals surface area contributed by atoms with E-state index in [0.29, 0.717) is 11.7 Å². The summed E-state index contributed by atoms with van der Waals surface area (Å²) in [5.74, 6) is 1.01. The lowest BCUT2D eigenvalue weighted by molar-refractivity contribution is 0.0820. The molecule has 0 radical (unpaired) electrons. The van der Waals surface area contributed by atoms with Gasteiger partial charge in [-0.3, -0.25) is 4.79 Å². The molecule has 1 aliphatic rings. The molecule has 1 aromatic heterocycles. The number of rotatable bonds is 2. The fourth-order valence-electron chi connectivity index (χ4n) is 2.72. The third kappa shape index (κ3) is 1.96.